The van der Waals surface area contributed by atoms with Gasteiger partial charge >= 0.3 is 0 Å². The van der Waals surface area contributed by atoms with Crippen molar-refractivity contribution in [1.82, 2.24) is 4.90 Å². The maximum atomic E-state index is 12.1. The summed E-state index contributed by atoms with van der Waals surface area (Å²) in [5.74, 6) is -0.130. The summed E-state index contributed by atoms with van der Waals surface area (Å²) in [5, 5.41) is 10.3. The Labute approximate surface area is 114 Å². The number of rotatable bonds is 2. The van der Waals surface area contributed by atoms with Gasteiger partial charge in [0.25, 0.3) is 5.91 Å². The zero-order valence-corrected chi connectivity index (χ0v) is 11.8. The summed E-state index contributed by atoms with van der Waals surface area (Å²) in [5.41, 5.74) is -0.243. The molecule has 3 nitrogen and oxygen atoms in total. The number of carbonyl (C=O) groups is 1. The first kappa shape index (κ1) is 12.9. The molecule has 1 aliphatic rings. The minimum Gasteiger partial charge on any atom is -0.386 e. The predicted molar refractivity (Wildman–Crippen MR) is 70.3 cm³/mol. The summed E-state index contributed by atoms with van der Waals surface area (Å²) in [7, 11) is 0. The van der Waals surface area contributed by atoms with Crippen molar-refractivity contribution in [3.05, 3.63) is 33.3 Å². The molecule has 5 heteroatoms. The van der Waals surface area contributed by atoms with Gasteiger partial charge in [-0.3, -0.25) is 4.79 Å². The van der Waals surface area contributed by atoms with Crippen molar-refractivity contribution < 1.29 is 9.90 Å². The Kier molecular flexibility index (Phi) is 3.48. The molecule has 1 saturated heterocycles. The van der Waals surface area contributed by atoms with Gasteiger partial charge in [0.2, 0.25) is 0 Å². The molecule has 1 aromatic rings. The molecule has 0 bridgehead atoms. The summed E-state index contributed by atoms with van der Waals surface area (Å²) in [6.07, 6.45) is 0.656. The Morgan fingerprint density at radius 3 is 2.82 bits per heavy atom. The maximum absolute atomic E-state index is 12.1. The fourth-order valence-corrected chi connectivity index (χ4v) is 2.44. The molecule has 92 valence electrons. The summed E-state index contributed by atoms with van der Waals surface area (Å²) in [4.78, 5) is 13.7. The number of nitrogens with zero attached hydrogens (tertiary/aromatic N) is 1. The zero-order valence-electron chi connectivity index (χ0n) is 9.41. The molecule has 2 rings (SSSR count). The van der Waals surface area contributed by atoms with Crippen molar-refractivity contribution in [3.63, 3.8) is 0 Å². The van der Waals surface area contributed by atoms with E-state index in [0.29, 0.717) is 34.6 Å². The van der Waals surface area contributed by atoms with Crippen LogP contribution in [0, 0.1) is 0 Å². The minimum absolute atomic E-state index is 0.130. The van der Waals surface area contributed by atoms with Gasteiger partial charge in [0, 0.05) is 4.47 Å². The molecule has 0 atom stereocenters. The molecule has 1 amide bonds. The zero-order chi connectivity index (χ0) is 12.6. The van der Waals surface area contributed by atoms with E-state index in [9.17, 15) is 9.90 Å². The Morgan fingerprint density at radius 2 is 2.24 bits per heavy atom. The smallest absolute Gasteiger partial charge is 0.255 e. The lowest BCUT2D eigenvalue weighted by atomic mass is 9.90. The van der Waals surface area contributed by atoms with E-state index in [1.54, 1.807) is 23.1 Å². The van der Waals surface area contributed by atoms with Crippen LogP contribution in [0.2, 0.25) is 5.02 Å². The number of hydrogen-bond donors (Lipinski definition) is 1. The fraction of sp³-hybridized carbons (Fsp3) is 0.417. The normalized spacial score (nSPS) is 17.8. The second-order valence-electron chi connectivity index (χ2n) is 4.34. The number of benzene rings is 1. The van der Waals surface area contributed by atoms with Gasteiger partial charge < -0.3 is 10.0 Å². The van der Waals surface area contributed by atoms with Crippen molar-refractivity contribution in [1.29, 1.82) is 0 Å². The lowest BCUT2D eigenvalue weighted by molar-refractivity contribution is -0.0826. The van der Waals surface area contributed by atoms with E-state index < -0.39 is 5.60 Å². The second kappa shape index (κ2) is 4.59. The Bertz CT molecular complexity index is 458. The van der Waals surface area contributed by atoms with Crippen LogP contribution in [0.4, 0.5) is 0 Å². The third kappa shape index (κ3) is 2.34. The molecule has 17 heavy (non-hydrogen) atoms. The predicted octanol–water partition coefficient (Wildman–Crippen LogP) is 2.70. The molecule has 0 saturated carbocycles. The van der Waals surface area contributed by atoms with Gasteiger partial charge in [-0.2, -0.15) is 0 Å². The lowest BCUT2D eigenvalue weighted by Gasteiger charge is -2.46. The molecular formula is C12H13BrClNO2. The highest BCUT2D eigenvalue weighted by atomic mass is 79.9. The molecular weight excluding hydrogens is 305 g/mol. The van der Waals surface area contributed by atoms with E-state index in [1.807, 2.05) is 6.92 Å². The van der Waals surface area contributed by atoms with Crippen LogP contribution in [0.25, 0.3) is 0 Å². The Hall–Kier alpha value is -0.580. The van der Waals surface area contributed by atoms with Crippen molar-refractivity contribution in [3.8, 4) is 0 Å². The molecule has 1 N–H and O–H groups in total. The fourth-order valence-electron chi connectivity index (χ4n) is 1.87. The first-order chi connectivity index (χ1) is 7.97. The van der Waals surface area contributed by atoms with E-state index in [1.165, 1.54) is 0 Å². The number of hydrogen-bond acceptors (Lipinski definition) is 2. The van der Waals surface area contributed by atoms with Crippen LogP contribution >= 0.6 is 27.5 Å². The van der Waals surface area contributed by atoms with Gasteiger partial charge in [0.15, 0.2) is 0 Å². The lowest BCUT2D eigenvalue weighted by Crippen LogP contribution is -2.63. The number of halogens is 2. The average Bonchev–Trinajstić information content (AvgIpc) is 2.28. The average molecular weight is 319 g/mol. The summed E-state index contributed by atoms with van der Waals surface area (Å²) >= 11 is 9.35. The van der Waals surface area contributed by atoms with Crippen LogP contribution in [0.3, 0.4) is 0 Å². The van der Waals surface area contributed by atoms with E-state index >= 15 is 0 Å². The van der Waals surface area contributed by atoms with Crippen molar-refractivity contribution in [2.75, 3.05) is 13.1 Å². The van der Waals surface area contributed by atoms with Crippen LogP contribution in [0.15, 0.2) is 22.7 Å². The molecule has 0 unspecified atom stereocenters. The van der Waals surface area contributed by atoms with Gasteiger partial charge in [0.05, 0.1) is 29.3 Å². The standard InChI is InChI=1S/C12H13BrClNO2/c1-2-12(17)6-15(7-12)11(16)8-4-3-5-9(13)10(8)14/h3-5,17H,2,6-7H2,1H3. The third-order valence-electron chi connectivity index (χ3n) is 3.10. The summed E-state index contributed by atoms with van der Waals surface area (Å²) < 4.78 is 0.705. The number of carbonyl (C=O) groups excluding carboxylic acids is 1. The van der Waals surface area contributed by atoms with E-state index in [0.717, 1.165) is 0 Å². The van der Waals surface area contributed by atoms with Crippen molar-refractivity contribution >= 4 is 33.4 Å². The molecule has 0 aromatic heterocycles. The van der Waals surface area contributed by atoms with Crippen molar-refractivity contribution in [2.45, 2.75) is 18.9 Å². The van der Waals surface area contributed by atoms with Gasteiger partial charge in [-0.25, -0.2) is 0 Å². The molecule has 0 radical (unpaired) electrons. The van der Waals surface area contributed by atoms with Gasteiger partial charge in [-0.1, -0.05) is 24.6 Å². The van der Waals surface area contributed by atoms with Crippen molar-refractivity contribution in [2.24, 2.45) is 0 Å². The van der Waals surface area contributed by atoms with Crippen LogP contribution in [-0.4, -0.2) is 34.6 Å². The molecule has 1 aromatic carbocycles. The molecule has 0 aliphatic carbocycles. The SMILES string of the molecule is CCC1(O)CN(C(=O)c2cccc(Br)c2Cl)C1. The number of aliphatic hydroxyl groups is 1. The number of amides is 1. The van der Waals surface area contributed by atoms with Crippen LogP contribution in [-0.2, 0) is 0 Å². The molecule has 0 spiro atoms. The monoisotopic (exact) mass is 317 g/mol. The number of likely N-dealkylation sites (tertiary alicyclic amines) is 1. The Balaban J connectivity index is 2.15. The highest BCUT2D eigenvalue weighted by Crippen LogP contribution is 2.30. The van der Waals surface area contributed by atoms with Crippen LogP contribution in [0.5, 0.6) is 0 Å². The summed E-state index contributed by atoms with van der Waals surface area (Å²) in [6, 6.07) is 5.26. The highest BCUT2D eigenvalue weighted by molar-refractivity contribution is 9.10. The first-order valence-electron chi connectivity index (χ1n) is 5.42. The summed E-state index contributed by atoms with van der Waals surface area (Å²) in [6.45, 7) is 2.67. The Morgan fingerprint density at radius 1 is 1.59 bits per heavy atom. The largest absolute Gasteiger partial charge is 0.386 e. The minimum atomic E-state index is -0.714. The van der Waals surface area contributed by atoms with Gasteiger partial charge in [-0.15, -0.1) is 0 Å². The second-order valence-corrected chi connectivity index (χ2v) is 5.57. The van der Waals surface area contributed by atoms with Gasteiger partial charge in [-0.05, 0) is 34.5 Å². The molecule has 1 aliphatic heterocycles. The topological polar surface area (TPSA) is 40.5 Å². The quantitative estimate of drug-likeness (QED) is 0.911. The highest BCUT2D eigenvalue weighted by Gasteiger charge is 2.42. The number of β-amino-alcohol motifs (C(OH)–C–C–N with tert-alkyl or cyclic N) is 1. The van der Waals surface area contributed by atoms with Gasteiger partial charge in [0.1, 0.15) is 0 Å². The van der Waals surface area contributed by atoms with Crippen LogP contribution in [0.1, 0.15) is 23.7 Å². The maximum Gasteiger partial charge on any atom is 0.255 e. The van der Waals surface area contributed by atoms with E-state index in [4.69, 9.17) is 11.6 Å². The third-order valence-corrected chi connectivity index (χ3v) is 4.39. The first-order valence-corrected chi connectivity index (χ1v) is 6.59. The molecule has 1 fully saturated rings. The van der Waals surface area contributed by atoms with E-state index in [2.05, 4.69) is 15.9 Å². The van der Waals surface area contributed by atoms with Crippen LogP contribution < -0.4 is 0 Å². The molecule has 1 heterocycles. The van der Waals surface area contributed by atoms with E-state index in [-0.39, 0.29) is 5.91 Å².